The van der Waals surface area contributed by atoms with Crippen LogP contribution in [-0.2, 0) is 14.4 Å². The third-order valence-electron chi connectivity index (χ3n) is 6.89. The Hall–Kier alpha value is -3.55. The molecule has 2 saturated heterocycles. The maximum absolute atomic E-state index is 13.8. The molecule has 0 radical (unpaired) electrons. The summed E-state index contributed by atoms with van der Waals surface area (Å²) in [6.07, 6.45) is 1.54. The molecule has 2 aromatic carbocycles. The zero-order chi connectivity index (χ0) is 25.9. The number of para-hydroxylation sites is 1. The fourth-order valence-corrected chi connectivity index (χ4v) is 5.09. The molecule has 0 saturated carbocycles. The number of piperidine rings is 1. The van der Waals surface area contributed by atoms with Gasteiger partial charge in [-0.3, -0.25) is 14.4 Å². The number of ether oxygens (including phenoxy) is 1. The summed E-state index contributed by atoms with van der Waals surface area (Å²) in [5.74, 6) is 0.449. The Morgan fingerprint density at radius 2 is 1.72 bits per heavy atom. The van der Waals surface area contributed by atoms with Crippen LogP contribution in [0, 0.1) is 5.41 Å². The van der Waals surface area contributed by atoms with E-state index in [-0.39, 0.29) is 29.7 Å². The number of rotatable bonds is 6. The van der Waals surface area contributed by atoms with Gasteiger partial charge in [0.25, 0.3) is 5.91 Å². The standard InChI is InChI=1S/C28H36N4O4/c1-27(2,3)18-25(34)30-15-13-28(14-16-30)26(35)31(20-32(28)22-10-6-5-7-11-22)19-24(33)29-21-9-8-12-23(17-21)36-4/h5-12,17H,13-16,18-20H2,1-4H3,(H,29,33). The van der Waals surface area contributed by atoms with Gasteiger partial charge < -0.3 is 24.8 Å². The second-order valence-electron chi connectivity index (χ2n) is 10.8. The van der Waals surface area contributed by atoms with Gasteiger partial charge in [-0.2, -0.15) is 0 Å². The molecule has 0 unspecified atom stereocenters. The Balaban J connectivity index is 1.50. The average Bonchev–Trinajstić information content (AvgIpc) is 3.10. The zero-order valence-electron chi connectivity index (χ0n) is 21.6. The second-order valence-corrected chi connectivity index (χ2v) is 10.8. The van der Waals surface area contributed by atoms with Crippen LogP contribution < -0.4 is 15.0 Å². The number of nitrogens with one attached hydrogen (secondary N) is 1. The van der Waals surface area contributed by atoms with Crippen molar-refractivity contribution in [1.82, 2.24) is 9.80 Å². The number of anilines is 2. The maximum atomic E-state index is 13.8. The van der Waals surface area contributed by atoms with Crippen molar-refractivity contribution in [3.8, 4) is 5.75 Å². The summed E-state index contributed by atoms with van der Waals surface area (Å²) in [6, 6.07) is 17.0. The van der Waals surface area contributed by atoms with Crippen molar-refractivity contribution in [3.05, 3.63) is 54.6 Å². The minimum atomic E-state index is -0.768. The number of hydrogen-bond acceptors (Lipinski definition) is 5. The molecule has 8 nitrogen and oxygen atoms in total. The fraction of sp³-hybridized carbons (Fsp3) is 0.464. The first-order valence-corrected chi connectivity index (χ1v) is 12.5. The van der Waals surface area contributed by atoms with Gasteiger partial charge in [0.2, 0.25) is 11.8 Å². The molecule has 192 valence electrons. The first-order valence-electron chi connectivity index (χ1n) is 12.5. The molecule has 2 aliphatic heterocycles. The fourth-order valence-electron chi connectivity index (χ4n) is 5.09. The molecule has 36 heavy (non-hydrogen) atoms. The highest BCUT2D eigenvalue weighted by atomic mass is 16.5. The predicted molar refractivity (Wildman–Crippen MR) is 140 cm³/mol. The first-order chi connectivity index (χ1) is 17.1. The van der Waals surface area contributed by atoms with Gasteiger partial charge >= 0.3 is 0 Å². The van der Waals surface area contributed by atoms with Crippen molar-refractivity contribution in [3.63, 3.8) is 0 Å². The van der Waals surface area contributed by atoms with Crippen LogP contribution in [0.1, 0.15) is 40.0 Å². The number of carbonyl (C=O) groups excluding carboxylic acids is 3. The lowest BCUT2D eigenvalue weighted by Gasteiger charge is -2.43. The normalized spacial score (nSPS) is 17.4. The molecule has 1 spiro atoms. The van der Waals surface area contributed by atoms with Gasteiger partial charge in [0.1, 0.15) is 17.8 Å². The van der Waals surface area contributed by atoms with Gasteiger partial charge in [-0.05, 0) is 42.5 Å². The number of nitrogens with zero attached hydrogens (tertiary/aromatic N) is 3. The number of hydrogen-bond donors (Lipinski definition) is 1. The van der Waals surface area contributed by atoms with Gasteiger partial charge in [0.05, 0.1) is 13.8 Å². The summed E-state index contributed by atoms with van der Waals surface area (Å²) < 4.78 is 5.23. The Kier molecular flexibility index (Phi) is 7.24. The molecular weight excluding hydrogens is 456 g/mol. The Morgan fingerprint density at radius 3 is 2.36 bits per heavy atom. The van der Waals surface area contributed by atoms with E-state index >= 15 is 0 Å². The molecule has 8 heteroatoms. The summed E-state index contributed by atoms with van der Waals surface area (Å²) in [5.41, 5.74) is 0.705. The molecule has 3 amide bonds. The summed E-state index contributed by atoms with van der Waals surface area (Å²) in [7, 11) is 1.57. The molecule has 0 bridgehead atoms. The minimum absolute atomic E-state index is 0.0478. The van der Waals surface area contributed by atoms with E-state index in [0.717, 1.165) is 5.69 Å². The van der Waals surface area contributed by atoms with Crippen LogP contribution in [0.15, 0.2) is 54.6 Å². The average molecular weight is 493 g/mol. The summed E-state index contributed by atoms with van der Waals surface area (Å²) in [4.78, 5) is 45.2. The minimum Gasteiger partial charge on any atom is -0.497 e. The van der Waals surface area contributed by atoms with Crippen LogP contribution in [0.3, 0.4) is 0 Å². The molecule has 1 N–H and O–H groups in total. The van der Waals surface area contributed by atoms with Crippen LogP contribution >= 0.6 is 0 Å². The van der Waals surface area contributed by atoms with Gasteiger partial charge in [0.15, 0.2) is 0 Å². The molecular formula is C28H36N4O4. The van der Waals surface area contributed by atoms with E-state index < -0.39 is 5.54 Å². The number of carbonyl (C=O) groups is 3. The zero-order valence-corrected chi connectivity index (χ0v) is 21.6. The SMILES string of the molecule is COc1cccc(NC(=O)CN2CN(c3ccccc3)C3(CCN(C(=O)CC(C)(C)C)CC3)C2=O)c1. The Morgan fingerprint density at radius 1 is 1.03 bits per heavy atom. The Bertz CT molecular complexity index is 1100. The van der Waals surface area contributed by atoms with E-state index in [2.05, 4.69) is 31.0 Å². The van der Waals surface area contributed by atoms with Crippen molar-refractivity contribution in [2.24, 2.45) is 5.41 Å². The van der Waals surface area contributed by atoms with Crippen molar-refractivity contribution >= 4 is 29.1 Å². The quantitative estimate of drug-likeness (QED) is 0.664. The lowest BCUT2D eigenvalue weighted by Crippen LogP contribution is -2.57. The van der Waals surface area contributed by atoms with E-state index in [0.29, 0.717) is 50.5 Å². The summed E-state index contributed by atoms with van der Waals surface area (Å²) >= 11 is 0. The van der Waals surface area contributed by atoms with Gasteiger partial charge in [-0.1, -0.05) is 45.0 Å². The molecule has 2 fully saturated rings. The van der Waals surface area contributed by atoms with Gasteiger partial charge in [-0.15, -0.1) is 0 Å². The number of amides is 3. The molecule has 4 rings (SSSR count). The number of benzene rings is 2. The third-order valence-corrected chi connectivity index (χ3v) is 6.89. The lowest BCUT2D eigenvalue weighted by atomic mass is 9.84. The van der Waals surface area contributed by atoms with E-state index in [4.69, 9.17) is 4.74 Å². The van der Waals surface area contributed by atoms with Crippen molar-refractivity contribution in [2.45, 2.75) is 45.6 Å². The second kappa shape index (κ2) is 10.2. The van der Waals surface area contributed by atoms with Crippen LogP contribution in [0.25, 0.3) is 0 Å². The van der Waals surface area contributed by atoms with E-state index in [1.165, 1.54) is 0 Å². The number of likely N-dealkylation sites (tertiary alicyclic amines) is 1. The molecule has 2 aromatic rings. The molecule has 0 aromatic heterocycles. The van der Waals surface area contributed by atoms with Crippen LogP contribution in [-0.4, -0.2) is 66.5 Å². The highest BCUT2D eigenvalue weighted by molar-refractivity contribution is 5.99. The number of methoxy groups -OCH3 is 1. The molecule has 0 aliphatic carbocycles. The topological polar surface area (TPSA) is 82.2 Å². The van der Waals surface area contributed by atoms with Crippen molar-refractivity contribution in [2.75, 3.05) is 43.6 Å². The van der Waals surface area contributed by atoms with Crippen LogP contribution in [0.5, 0.6) is 5.75 Å². The van der Waals surface area contributed by atoms with Gasteiger partial charge in [0, 0.05) is 37.0 Å². The molecule has 0 atom stereocenters. The monoisotopic (exact) mass is 492 g/mol. The van der Waals surface area contributed by atoms with Gasteiger partial charge in [-0.25, -0.2) is 0 Å². The van der Waals surface area contributed by atoms with E-state index in [9.17, 15) is 14.4 Å². The van der Waals surface area contributed by atoms with E-state index in [1.54, 1.807) is 36.3 Å². The molecule has 2 aliphatic rings. The highest BCUT2D eigenvalue weighted by Gasteiger charge is 2.54. The molecule has 2 heterocycles. The highest BCUT2D eigenvalue weighted by Crippen LogP contribution is 2.40. The summed E-state index contributed by atoms with van der Waals surface area (Å²) in [6.45, 7) is 7.49. The smallest absolute Gasteiger partial charge is 0.250 e. The maximum Gasteiger partial charge on any atom is 0.250 e. The van der Waals surface area contributed by atoms with Crippen molar-refractivity contribution in [1.29, 1.82) is 0 Å². The third kappa shape index (κ3) is 5.48. The van der Waals surface area contributed by atoms with Crippen LogP contribution in [0.2, 0.25) is 0 Å². The van der Waals surface area contributed by atoms with Crippen LogP contribution in [0.4, 0.5) is 11.4 Å². The predicted octanol–water partition coefficient (Wildman–Crippen LogP) is 3.74. The largest absolute Gasteiger partial charge is 0.497 e. The summed E-state index contributed by atoms with van der Waals surface area (Å²) in [5, 5.41) is 2.87. The lowest BCUT2D eigenvalue weighted by molar-refractivity contribution is -0.140. The first kappa shape index (κ1) is 25.5. The van der Waals surface area contributed by atoms with Crippen molar-refractivity contribution < 1.29 is 19.1 Å². The van der Waals surface area contributed by atoms with E-state index in [1.807, 2.05) is 35.2 Å². The Labute approximate surface area is 213 Å².